The van der Waals surface area contributed by atoms with Gasteiger partial charge in [0.25, 0.3) is 5.56 Å². The second kappa shape index (κ2) is 6.11. The zero-order valence-corrected chi connectivity index (χ0v) is 13.2. The van der Waals surface area contributed by atoms with E-state index in [1.807, 2.05) is 4.90 Å². The van der Waals surface area contributed by atoms with E-state index >= 15 is 0 Å². The summed E-state index contributed by atoms with van der Waals surface area (Å²) in [5, 5.41) is 0. The Bertz CT molecular complexity index is 699. The molecule has 124 valence electrons. The second-order valence-electron chi connectivity index (χ2n) is 6.31. The number of likely N-dealkylation sites (tertiary alicyclic amines) is 1. The highest BCUT2D eigenvalue weighted by molar-refractivity contribution is 5.80. The molecule has 0 radical (unpaired) electrons. The number of carbonyl (C=O) groups is 2. The molecule has 0 bridgehead atoms. The van der Waals surface area contributed by atoms with E-state index in [2.05, 4.69) is 9.97 Å². The topological polar surface area (TPSA) is 112 Å². The molecule has 3 rings (SSSR count). The molecule has 1 unspecified atom stereocenters. The molecular weight excluding hydrogens is 298 g/mol. The SMILES string of the molecule is Cc1nc2c(c(=O)[nH]1)CN(C(=O)C1CCCN(CC(N)=O)C1)C2. The summed E-state index contributed by atoms with van der Waals surface area (Å²) in [7, 11) is 0. The number of nitrogens with zero attached hydrogens (tertiary/aromatic N) is 3. The Hall–Kier alpha value is -2.22. The first-order chi connectivity index (χ1) is 10.9. The third kappa shape index (κ3) is 3.26. The predicted octanol–water partition coefficient (Wildman–Crippen LogP) is -0.882. The van der Waals surface area contributed by atoms with E-state index in [9.17, 15) is 14.4 Å². The summed E-state index contributed by atoms with van der Waals surface area (Å²) in [4.78, 5) is 46.4. The van der Waals surface area contributed by atoms with Crippen LogP contribution in [0.3, 0.4) is 0 Å². The van der Waals surface area contributed by atoms with Crippen molar-refractivity contribution in [2.45, 2.75) is 32.9 Å². The number of aryl methyl sites for hydroxylation is 1. The molecule has 2 aliphatic rings. The normalized spacial score (nSPS) is 21.3. The number of primary amides is 1. The summed E-state index contributed by atoms with van der Waals surface area (Å²) in [5.41, 5.74) is 6.33. The maximum Gasteiger partial charge on any atom is 0.256 e. The van der Waals surface area contributed by atoms with Gasteiger partial charge in [-0.25, -0.2) is 4.98 Å². The summed E-state index contributed by atoms with van der Waals surface area (Å²) in [5.74, 6) is 0.0537. The fourth-order valence-corrected chi connectivity index (χ4v) is 3.43. The Labute approximate surface area is 133 Å². The average Bonchev–Trinajstić information content (AvgIpc) is 2.90. The molecule has 1 atom stereocenters. The van der Waals surface area contributed by atoms with Crippen molar-refractivity contribution in [2.75, 3.05) is 19.6 Å². The van der Waals surface area contributed by atoms with Crippen LogP contribution < -0.4 is 11.3 Å². The van der Waals surface area contributed by atoms with Gasteiger partial charge in [-0.3, -0.25) is 19.3 Å². The zero-order valence-electron chi connectivity index (χ0n) is 13.2. The van der Waals surface area contributed by atoms with Gasteiger partial charge >= 0.3 is 0 Å². The highest BCUT2D eigenvalue weighted by atomic mass is 16.2. The number of piperidine rings is 1. The molecule has 1 aromatic heterocycles. The molecule has 3 heterocycles. The summed E-state index contributed by atoms with van der Waals surface area (Å²) >= 11 is 0. The van der Waals surface area contributed by atoms with Gasteiger partial charge in [-0.2, -0.15) is 0 Å². The summed E-state index contributed by atoms with van der Waals surface area (Å²) in [6, 6.07) is 0. The van der Waals surface area contributed by atoms with E-state index < -0.39 is 0 Å². The van der Waals surface area contributed by atoms with Crippen molar-refractivity contribution >= 4 is 11.8 Å². The Balaban J connectivity index is 1.69. The quantitative estimate of drug-likeness (QED) is 0.751. The fourth-order valence-electron chi connectivity index (χ4n) is 3.43. The van der Waals surface area contributed by atoms with Gasteiger partial charge in [0, 0.05) is 6.54 Å². The fraction of sp³-hybridized carbons (Fsp3) is 0.600. The summed E-state index contributed by atoms with van der Waals surface area (Å²) < 4.78 is 0. The molecule has 0 aromatic carbocycles. The third-order valence-corrected chi connectivity index (χ3v) is 4.46. The van der Waals surface area contributed by atoms with Crippen molar-refractivity contribution in [2.24, 2.45) is 11.7 Å². The smallest absolute Gasteiger partial charge is 0.256 e. The van der Waals surface area contributed by atoms with E-state index in [4.69, 9.17) is 5.73 Å². The van der Waals surface area contributed by atoms with Gasteiger partial charge in [0.15, 0.2) is 0 Å². The number of carbonyl (C=O) groups excluding carboxylic acids is 2. The number of nitrogens with one attached hydrogen (secondary N) is 1. The van der Waals surface area contributed by atoms with Crippen molar-refractivity contribution in [1.82, 2.24) is 19.8 Å². The monoisotopic (exact) mass is 319 g/mol. The molecule has 0 saturated carbocycles. The van der Waals surface area contributed by atoms with Gasteiger partial charge in [0.2, 0.25) is 11.8 Å². The molecule has 23 heavy (non-hydrogen) atoms. The average molecular weight is 319 g/mol. The van der Waals surface area contributed by atoms with Crippen LogP contribution in [0.4, 0.5) is 0 Å². The molecule has 3 N–H and O–H groups in total. The van der Waals surface area contributed by atoms with E-state index in [-0.39, 0.29) is 29.8 Å². The number of aromatic amines is 1. The second-order valence-corrected chi connectivity index (χ2v) is 6.31. The van der Waals surface area contributed by atoms with E-state index in [0.717, 1.165) is 19.4 Å². The molecule has 8 nitrogen and oxygen atoms in total. The van der Waals surface area contributed by atoms with Gasteiger partial charge in [-0.15, -0.1) is 0 Å². The maximum atomic E-state index is 12.7. The highest BCUT2D eigenvalue weighted by Crippen LogP contribution is 2.24. The van der Waals surface area contributed by atoms with E-state index in [1.165, 1.54) is 0 Å². The lowest BCUT2D eigenvalue weighted by Gasteiger charge is -2.33. The lowest BCUT2D eigenvalue weighted by molar-refractivity contribution is -0.138. The highest BCUT2D eigenvalue weighted by Gasteiger charge is 2.34. The molecule has 8 heteroatoms. The number of amides is 2. The molecule has 1 fully saturated rings. The van der Waals surface area contributed by atoms with E-state index in [1.54, 1.807) is 11.8 Å². The Kier molecular flexibility index (Phi) is 4.16. The first kappa shape index (κ1) is 15.7. The first-order valence-corrected chi connectivity index (χ1v) is 7.82. The molecule has 0 spiro atoms. The van der Waals surface area contributed by atoms with Gasteiger partial charge in [0.1, 0.15) is 5.82 Å². The third-order valence-electron chi connectivity index (χ3n) is 4.46. The minimum atomic E-state index is -0.377. The molecule has 2 amide bonds. The lowest BCUT2D eigenvalue weighted by Crippen LogP contribution is -2.46. The van der Waals surface area contributed by atoms with E-state index in [0.29, 0.717) is 36.7 Å². The van der Waals surface area contributed by atoms with Crippen LogP contribution in [0.5, 0.6) is 0 Å². The van der Waals surface area contributed by atoms with Crippen molar-refractivity contribution in [3.63, 3.8) is 0 Å². The Morgan fingerprint density at radius 3 is 2.91 bits per heavy atom. The van der Waals surface area contributed by atoms with Crippen molar-refractivity contribution in [3.05, 3.63) is 27.4 Å². The van der Waals surface area contributed by atoms with Crippen LogP contribution in [0.15, 0.2) is 4.79 Å². The maximum absolute atomic E-state index is 12.7. The van der Waals surface area contributed by atoms with Crippen LogP contribution >= 0.6 is 0 Å². The largest absolute Gasteiger partial charge is 0.369 e. The Morgan fingerprint density at radius 2 is 2.17 bits per heavy atom. The molecule has 1 aromatic rings. The predicted molar refractivity (Wildman–Crippen MR) is 82.2 cm³/mol. The molecule has 1 saturated heterocycles. The van der Waals surface area contributed by atoms with Crippen molar-refractivity contribution in [1.29, 1.82) is 0 Å². The standard InChI is InChI=1S/C15H21N5O3/c1-9-17-12-7-20(6-11(12)14(22)18-9)15(23)10-3-2-4-19(5-10)8-13(16)21/h10H,2-8H2,1H3,(H2,16,21)(H,17,18,22). The number of nitrogens with two attached hydrogens (primary N) is 1. The number of hydrogen-bond acceptors (Lipinski definition) is 5. The van der Waals surface area contributed by atoms with Gasteiger partial charge in [0.05, 0.1) is 36.8 Å². The van der Waals surface area contributed by atoms with Gasteiger partial charge in [-0.1, -0.05) is 0 Å². The molecule has 0 aliphatic carbocycles. The molecule has 2 aliphatic heterocycles. The van der Waals surface area contributed by atoms with Crippen molar-refractivity contribution < 1.29 is 9.59 Å². The number of hydrogen-bond donors (Lipinski definition) is 2. The minimum absolute atomic E-state index is 0.0224. The first-order valence-electron chi connectivity index (χ1n) is 7.82. The van der Waals surface area contributed by atoms with Crippen molar-refractivity contribution in [3.8, 4) is 0 Å². The minimum Gasteiger partial charge on any atom is -0.369 e. The lowest BCUT2D eigenvalue weighted by atomic mass is 9.96. The van der Waals surface area contributed by atoms with Crippen LogP contribution in [-0.2, 0) is 22.7 Å². The number of H-pyrrole nitrogens is 1. The number of rotatable bonds is 3. The zero-order chi connectivity index (χ0) is 16.6. The van der Waals surface area contributed by atoms with Crippen LogP contribution in [0.2, 0.25) is 0 Å². The summed E-state index contributed by atoms with van der Waals surface area (Å²) in [6.45, 7) is 3.93. The number of aromatic nitrogens is 2. The molecular formula is C15H21N5O3. The van der Waals surface area contributed by atoms with Gasteiger partial charge in [-0.05, 0) is 26.3 Å². The summed E-state index contributed by atoms with van der Waals surface area (Å²) in [6.07, 6.45) is 1.66. The Morgan fingerprint density at radius 1 is 1.39 bits per heavy atom. The number of fused-ring (bicyclic) bond motifs is 1. The van der Waals surface area contributed by atoms with Gasteiger partial charge < -0.3 is 15.6 Å². The van der Waals surface area contributed by atoms with Crippen LogP contribution in [-0.4, -0.2) is 51.2 Å². The van der Waals surface area contributed by atoms with Crippen LogP contribution in [0.25, 0.3) is 0 Å². The van der Waals surface area contributed by atoms with Crippen LogP contribution in [0, 0.1) is 12.8 Å². The van der Waals surface area contributed by atoms with Crippen LogP contribution in [0.1, 0.15) is 29.9 Å².